The van der Waals surface area contributed by atoms with Crippen molar-refractivity contribution in [3.63, 3.8) is 0 Å². The Balaban J connectivity index is 1.78. The van der Waals surface area contributed by atoms with Gasteiger partial charge in [0, 0.05) is 18.2 Å². The number of halogens is 1. The van der Waals surface area contributed by atoms with Crippen LogP contribution in [0, 0.1) is 5.82 Å². The van der Waals surface area contributed by atoms with E-state index in [0.717, 1.165) is 32.2 Å². The predicted octanol–water partition coefficient (Wildman–Crippen LogP) is 4.03. The molecule has 1 saturated heterocycles. The van der Waals surface area contributed by atoms with Gasteiger partial charge in [-0.15, -0.1) is 0 Å². The number of hydrogen-bond donors (Lipinski definition) is 1. The van der Waals surface area contributed by atoms with Crippen molar-refractivity contribution in [1.82, 2.24) is 4.90 Å². The molecule has 1 heterocycles. The highest BCUT2D eigenvalue weighted by Gasteiger charge is 2.26. The van der Waals surface area contributed by atoms with Gasteiger partial charge in [0.2, 0.25) is 0 Å². The largest absolute Gasteiger partial charge is 0.336 e. The van der Waals surface area contributed by atoms with Crippen LogP contribution in [0.2, 0.25) is 0 Å². The van der Waals surface area contributed by atoms with E-state index in [4.69, 9.17) is 0 Å². The summed E-state index contributed by atoms with van der Waals surface area (Å²) in [5, 5.41) is 0. The summed E-state index contributed by atoms with van der Waals surface area (Å²) in [6.07, 6.45) is 4.02. The van der Waals surface area contributed by atoms with E-state index in [-0.39, 0.29) is 22.5 Å². The van der Waals surface area contributed by atoms with Crippen LogP contribution < -0.4 is 4.72 Å². The third-order valence-electron chi connectivity index (χ3n) is 4.89. The molecule has 0 aromatic heterocycles. The number of nitrogens with zero attached hydrogens (tertiary/aromatic N) is 1. The first-order chi connectivity index (χ1) is 12.9. The first-order valence-electron chi connectivity index (χ1n) is 9.11. The van der Waals surface area contributed by atoms with Crippen molar-refractivity contribution in [2.24, 2.45) is 0 Å². The van der Waals surface area contributed by atoms with Gasteiger partial charge in [-0.25, -0.2) is 12.8 Å². The van der Waals surface area contributed by atoms with E-state index < -0.39 is 15.8 Å². The number of rotatable bonds is 5. The first-order valence-corrected chi connectivity index (χ1v) is 10.6. The maximum Gasteiger partial charge on any atom is 0.261 e. The molecule has 1 fully saturated rings. The first kappa shape index (κ1) is 19.4. The number of piperidine rings is 1. The maximum atomic E-state index is 13.7. The molecule has 0 bridgehead atoms. The third-order valence-corrected chi connectivity index (χ3v) is 6.27. The number of likely N-dealkylation sites (tertiary alicyclic amines) is 1. The minimum Gasteiger partial charge on any atom is -0.336 e. The number of nitrogens with one attached hydrogen (secondary N) is 1. The number of para-hydroxylation sites is 1. The van der Waals surface area contributed by atoms with Crippen LogP contribution in [0.15, 0.2) is 53.4 Å². The van der Waals surface area contributed by atoms with Crippen LogP contribution in [0.5, 0.6) is 0 Å². The average molecular weight is 390 g/mol. The molecule has 1 unspecified atom stereocenters. The highest BCUT2D eigenvalue weighted by Crippen LogP contribution is 2.23. The molecule has 144 valence electrons. The summed E-state index contributed by atoms with van der Waals surface area (Å²) in [6.45, 7) is 2.80. The fourth-order valence-electron chi connectivity index (χ4n) is 3.38. The van der Waals surface area contributed by atoms with Crippen molar-refractivity contribution in [3.05, 3.63) is 59.9 Å². The zero-order valence-electron chi connectivity index (χ0n) is 15.2. The van der Waals surface area contributed by atoms with Gasteiger partial charge in [-0.05, 0) is 62.1 Å². The molecular weight excluding hydrogens is 367 g/mol. The van der Waals surface area contributed by atoms with Crippen molar-refractivity contribution in [3.8, 4) is 0 Å². The predicted molar refractivity (Wildman–Crippen MR) is 103 cm³/mol. The Morgan fingerprint density at radius 2 is 1.85 bits per heavy atom. The average Bonchev–Trinajstić information content (AvgIpc) is 2.69. The van der Waals surface area contributed by atoms with Gasteiger partial charge >= 0.3 is 0 Å². The van der Waals surface area contributed by atoms with Gasteiger partial charge in [0.05, 0.1) is 10.6 Å². The molecule has 3 rings (SSSR count). The van der Waals surface area contributed by atoms with Gasteiger partial charge in [-0.2, -0.15) is 0 Å². The molecule has 5 nitrogen and oxygen atoms in total. The van der Waals surface area contributed by atoms with Crippen molar-refractivity contribution in [2.75, 3.05) is 11.3 Å². The smallest absolute Gasteiger partial charge is 0.261 e. The van der Waals surface area contributed by atoms with Crippen LogP contribution in [-0.4, -0.2) is 31.8 Å². The summed E-state index contributed by atoms with van der Waals surface area (Å²) in [4.78, 5) is 14.6. The Kier molecular flexibility index (Phi) is 5.79. The number of hydrogen-bond acceptors (Lipinski definition) is 3. The number of amides is 1. The van der Waals surface area contributed by atoms with Crippen molar-refractivity contribution in [2.45, 2.75) is 43.5 Å². The van der Waals surface area contributed by atoms with Gasteiger partial charge in [0.1, 0.15) is 5.82 Å². The second-order valence-electron chi connectivity index (χ2n) is 6.67. The lowest BCUT2D eigenvalue weighted by atomic mass is 9.99. The van der Waals surface area contributed by atoms with Crippen LogP contribution in [0.1, 0.15) is 43.0 Å². The van der Waals surface area contributed by atoms with Gasteiger partial charge in [-0.3, -0.25) is 9.52 Å². The Morgan fingerprint density at radius 3 is 2.52 bits per heavy atom. The topological polar surface area (TPSA) is 66.5 Å². The zero-order chi connectivity index (χ0) is 19.4. The van der Waals surface area contributed by atoms with E-state index >= 15 is 0 Å². The van der Waals surface area contributed by atoms with E-state index in [1.54, 1.807) is 6.07 Å². The molecule has 2 aromatic carbocycles. The van der Waals surface area contributed by atoms with E-state index in [9.17, 15) is 17.6 Å². The highest BCUT2D eigenvalue weighted by molar-refractivity contribution is 7.92. The number of sulfonamides is 1. The molecule has 0 aliphatic carbocycles. The van der Waals surface area contributed by atoms with Crippen LogP contribution in [0.4, 0.5) is 10.1 Å². The molecule has 0 saturated carbocycles. The minimum atomic E-state index is -3.93. The van der Waals surface area contributed by atoms with Crippen LogP contribution in [0.3, 0.4) is 0 Å². The molecule has 2 aromatic rings. The molecule has 1 N–H and O–H groups in total. The third kappa shape index (κ3) is 4.30. The fraction of sp³-hybridized carbons (Fsp3) is 0.350. The summed E-state index contributed by atoms with van der Waals surface area (Å²) in [6, 6.07) is 11.6. The molecule has 0 radical (unpaired) electrons. The van der Waals surface area contributed by atoms with Crippen LogP contribution in [-0.2, 0) is 10.0 Å². The Labute approximate surface area is 159 Å². The number of carbonyl (C=O) groups is 1. The van der Waals surface area contributed by atoms with Gasteiger partial charge in [0.15, 0.2) is 0 Å². The monoisotopic (exact) mass is 390 g/mol. The molecule has 1 aliphatic heterocycles. The van der Waals surface area contributed by atoms with Crippen LogP contribution in [0.25, 0.3) is 0 Å². The highest BCUT2D eigenvalue weighted by atomic mass is 32.2. The van der Waals surface area contributed by atoms with Gasteiger partial charge < -0.3 is 4.90 Å². The zero-order valence-corrected chi connectivity index (χ0v) is 16.0. The summed E-state index contributed by atoms with van der Waals surface area (Å²) >= 11 is 0. The second kappa shape index (κ2) is 8.08. The summed E-state index contributed by atoms with van der Waals surface area (Å²) in [7, 11) is -3.93. The Hall–Kier alpha value is -2.41. The quantitative estimate of drug-likeness (QED) is 0.838. The van der Waals surface area contributed by atoms with Crippen molar-refractivity contribution in [1.29, 1.82) is 0 Å². The molecule has 27 heavy (non-hydrogen) atoms. The van der Waals surface area contributed by atoms with E-state index in [1.807, 2.05) is 4.90 Å². The van der Waals surface area contributed by atoms with E-state index in [2.05, 4.69) is 11.6 Å². The van der Waals surface area contributed by atoms with Crippen molar-refractivity contribution < 1.29 is 17.6 Å². The number of anilines is 1. The SMILES string of the molecule is CCC1CCCCN1C(=O)c1ccc(S(=O)(=O)Nc2ccccc2F)cc1. The molecule has 1 atom stereocenters. The molecule has 1 amide bonds. The molecule has 0 spiro atoms. The van der Waals surface area contributed by atoms with Crippen molar-refractivity contribution >= 4 is 21.6 Å². The Bertz CT molecular complexity index is 913. The van der Waals surface area contributed by atoms with Gasteiger partial charge in [0.25, 0.3) is 15.9 Å². The van der Waals surface area contributed by atoms with Crippen LogP contribution >= 0.6 is 0 Å². The lowest BCUT2D eigenvalue weighted by Crippen LogP contribution is -2.43. The Morgan fingerprint density at radius 1 is 1.15 bits per heavy atom. The fourth-order valence-corrected chi connectivity index (χ4v) is 4.45. The standard InChI is InChI=1S/C20H23FN2O3S/c1-2-16-7-5-6-14-23(16)20(24)15-10-12-17(13-11-15)27(25,26)22-19-9-4-3-8-18(19)21/h3-4,8-13,16,22H,2,5-7,14H2,1H3. The van der Waals surface area contributed by atoms with Gasteiger partial charge in [-0.1, -0.05) is 19.1 Å². The molecular formula is C20H23FN2O3S. The lowest BCUT2D eigenvalue weighted by molar-refractivity contribution is 0.0608. The summed E-state index contributed by atoms with van der Waals surface area (Å²) < 4.78 is 40.9. The maximum absolute atomic E-state index is 13.7. The number of carbonyl (C=O) groups excluding carboxylic acids is 1. The van der Waals surface area contributed by atoms with E-state index in [0.29, 0.717) is 5.56 Å². The summed E-state index contributed by atoms with van der Waals surface area (Å²) in [5.74, 6) is -0.726. The normalized spacial score (nSPS) is 17.6. The molecule has 7 heteroatoms. The second-order valence-corrected chi connectivity index (χ2v) is 8.35. The molecule has 1 aliphatic rings. The minimum absolute atomic E-state index is 0.0204. The summed E-state index contributed by atoms with van der Waals surface area (Å²) in [5.41, 5.74) is 0.344. The number of benzene rings is 2. The van der Waals surface area contributed by atoms with E-state index in [1.165, 1.54) is 42.5 Å². The lowest BCUT2D eigenvalue weighted by Gasteiger charge is -2.35.